The Morgan fingerprint density at radius 1 is 1.27 bits per heavy atom. The molecule has 1 amide bonds. The Kier molecular flexibility index (Phi) is 6.71. The molecule has 1 N–H and O–H groups in total. The number of halogens is 1. The molecule has 158 valence electrons. The van der Waals surface area contributed by atoms with Crippen molar-refractivity contribution in [3.63, 3.8) is 0 Å². The van der Waals surface area contributed by atoms with Crippen molar-refractivity contribution < 1.29 is 18.7 Å². The minimum atomic E-state index is -0.311. The van der Waals surface area contributed by atoms with E-state index in [2.05, 4.69) is 10.3 Å². The Hall–Kier alpha value is -2.77. The molecule has 2 atom stereocenters. The summed E-state index contributed by atoms with van der Waals surface area (Å²) >= 11 is 0. The number of carbonyl (C=O) groups excluding carboxylic acids is 1. The third kappa shape index (κ3) is 5.23. The van der Waals surface area contributed by atoms with Crippen LogP contribution in [0.1, 0.15) is 30.9 Å². The van der Waals surface area contributed by atoms with Gasteiger partial charge in [0.15, 0.2) is 0 Å². The highest BCUT2D eigenvalue weighted by Gasteiger charge is 2.18. The molecule has 1 saturated heterocycles. The molecule has 2 unspecified atom stereocenters. The quantitative estimate of drug-likeness (QED) is 0.546. The zero-order valence-corrected chi connectivity index (χ0v) is 16.8. The van der Waals surface area contributed by atoms with Gasteiger partial charge in [-0.2, -0.15) is 0 Å². The van der Waals surface area contributed by atoms with Crippen molar-refractivity contribution >= 4 is 16.9 Å². The SMILES string of the molecule is O=C(CCOCC1CCCO1)NC(Cn1cnc2ccccc21)c1ccc(F)cc1. The lowest BCUT2D eigenvalue weighted by Gasteiger charge is -2.20. The van der Waals surface area contributed by atoms with E-state index in [1.54, 1.807) is 18.5 Å². The lowest BCUT2D eigenvalue weighted by Crippen LogP contribution is -2.32. The van der Waals surface area contributed by atoms with Crippen molar-refractivity contribution in [3.05, 3.63) is 66.2 Å². The Morgan fingerprint density at radius 3 is 2.90 bits per heavy atom. The lowest BCUT2D eigenvalue weighted by molar-refractivity contribution is -0.123. The van der Waals surface area contributed by atoms with Crippen molar-refractivity contribution in [2.24, 2.45) is 0 Å². The number of benzene rings is 2. The van der Waals surface area contributed by atoms with E-state index in [0.29, 0.717) is 19.8 Å². The normalized spacial score (nSPS) is 17.3. The van der Waals surface area contributed by atoms with Crippen LogP contribution in [0.4, 0.5) is 4.39 Å². The van der Waals surface area contributed by atoms with E-state index in [0.717, 1.165) is 36.0 Å². The molecule has 0 aliphatic carbocycles. The molecular weight excluding hydrogens is 385 g/mol. The van der Waals surface area contributed by atoms with E-state index in [-0.39, 0.29) is 30.3 Å². The second-order valence-electron chi connectivity index (χ2n) is 7.52. The van der Waals surface area contributed by atoms with Crippen LogP contribution in [0.15, 0.2) is 54.9 Å². The highest BCUT2D eigenvalue weighted by atomic mass is 19.1. The molecule has 2 aromatic carbocycles. The molecule has 7 heteroatoms. The van der Waals surface area contributed by atoms with Gasteiger partial charge in [-0.05, 0) is 42.7 Å². The third-order valence-electron chi connectivity index (χ3n) is 5.32. The molecule has 1 fully saturated rings. The van der Waals surface area contributed by atoms with Crippen molar-refractivity contribution in [1.82, 2.24) is 14.9 Å². The molecule has 1 aliphatic heterocycles. The van der Waals surface area contributed by atoms with Gasteiger partial charge in [-0.3, -0.25) is 4.79 Å². The van der Waals surface area contributed by atoms with E-state index in [9.17, 15) is 9.18 Å². The van der Waals surface area contributed by atoms with E-state index in [4.69, 9.17) is 9.47 Å². The minimum Gasteiger partial charge on any atom is -0.378 e. The van der Waals surface area contributed by atoms with E-state index in [1.807, 2.05) is 28.8 Å². The third-order valence-corrected chi connectivity index (χ3v) is 5.32. The first kappa shape index (κ1) is 20.5. The van der Waals surface area contributed by atoms with Crippen molar-refractivity contribution in [2.45, 2.75) is 38.0 Å². The largest absolute Gasteiger partial charge is 0.378 e. The highest BCUT2D eigenvalue weighted by molar-refractivity contribution is 5.77. The maximum Gasteiger partial charge on any atom is 0.222 e. The van der Waals surface area contributed by atoms with Crippen LogP contribution in [0.3, 0.4) is 0 Å². The molecule has 0 spiro atoms. The van der Waals surface area contributed by atoms with Gasteiger partial charge in [0.1, 0.15) is 5.82 Å². The van der Waals surface area contributed by atoms with Gasteiger partial charge < -0.3 is 19.4 Å². The first-order valence-electron chi connectivity index (χ1n) is 10.3. The number of nitrogens with one attached hydrogen (secondary N) is 1. The summed E-state index contributed by atoms with van der Waals surface area (Å²) in [5.41, 5.74) is 2.71. The second kappa shape index (κ2) is 9.82. The summed E-state index contributed by atoms with van der Waals surface area (Å²) in [6.07, 6.45) is 4.25. The van der Waals surface area contributed by atoms with Crippen LogP contribution in [0, 0.1) is 5.82 Å². The van der Waals surface area contributed by atoms with Gasteiger partial charge in [-0.25, -0.2) is 9.37 Å². The van der Waals surface area contributed by atoms with Gasteiger partial charge in [-0.15, -0.1) is 0 Å². The monoisotopic (exact) mass is 411 g/mol. The van der Waals surface area contributed by atoms with Gasteiger partial charge in [0.2, 0.25) is 5.91 Å². The van der Waals surface area contributed by atoms with Gasteiger partial charge in [0.25, 0.3) is 0 Å². The zero-order valence-electron chi connectivity index (χ0n) is 16.8. The van der Waals surface area contributed by atoms with Crippen LogP contribution in [0.25, 0.3) is 11.0 Å². The summed E-state index contributed by atoms with van der Waals surface area (Å²) in [6, 6.07) is 13.7. The van der Waals surface area contributed by atoms with Crippen LogP contribution in [-0.4, -0.2) is 41.4 Å². The van der Waals surface area contributed by atoms with Crippen molar-refractivity contribution in [2.75, 3.05) is 19.8 Å². The molecular formula is C23H26FN3O3. The average molecular weight is 411 g/mol. The topological polar surface area (TPSA) is 65.4 Å². The molecule has 30 heavy (non-hydrogen) atoms. The maximum absolute atomic E-state index is 13.4. The number of hydrogen-bond donors (Lipinski definition) is 1. The standard InChI is InChI=1S/C23H26FN3O3/c24-18-9-7-17(8-10-18)21(14-27-16-25-20-5-1-2-6-22(20)27)26-23(28)11-13-29-15-19-4-3-12-30-19/h1-2,5-10,16,19,21H,3-4,11-15H2,(H,26,28). The fourth-order valence-electron chi connectivity index (χ4n) is 3.70. The van der Waals surface area contributed by atoms with Gasteiger partial charge in [0, 0.05) is 19.6 Å². The summed E-state index contributed by atoms with van der Waals surface area (Å²) in [5, 5.41) is 3.06. The van der Waals surface area contributed by atoms with Crippen molar-refractivity contribution in [1.29, 1.82) is 0 Å². The Bertz CT molecular complexity index is 967. The number of amides is 1. The molecule has 0 saturated carbocycles. The summed E-state index contributed by atoms with van der Waals surface area (Å²) < 4.78 is 26.5. The van der Waals surface area contributed by atoms with Crippen LogP contribution < -0.4 is 5.32 Å². The zero-order chi connectivity index (χ0) is 20.8. The van der Waals surface area contributed by atoms with Gasteiger partial charge in [0.05, 0.1) is 42.7 Å². The molecule has 1 aromatic heterocycles. The summed E-state index contributed by atoms with van der Waals surface area (Å²) in [6.45, 7) is 2.15. The average Bonchev–Trinajstić information content (AvgIpc) is 3.42. The van der Waals surface area contributed by atoms with Crippen LogP contribution in [0.2, 0.25) is 0 Å². The molecule has 4 rings (SSSR count). The first-order chi connectivity index (χ1) is 14.7. The van der Waals surface area contributed by atoms with Crippen LogP contribution in [-0.2, 0) is 20.8 Å². The summed E-state index contributed by atoms with van der Waals surface area (Å²) in [4.78, 5) is 17.0. The minimum absolute atomic E-state index is 0.110. The molecule has 6 nitrogen and oxygen atoms in total. The molecule has 2 heterocycles. The van der Waals surface area contributed by atoms with E-state index < -0.39 is 0 Å². The van der Waals surface area contributed by atoms with Gasteiger partial charge >= 0.3 is 0 Å². The molecule has 0 bridgehead atoms. The summed E-state index contributed by atoms with van der Waals surface area (Å²) in [7, 11) is 0. The number of hydrogen-bond acceptors (Lipinski definition) is 4. The highest BCUT2D eigenvalue weighted by Crippen LogP contribution is 2.20. The fraction of sp³-hybridized carbons (Fsp3) is 0.391. The molecule has 1 aliphatic rings. The Labute approximate surface area is 175 Å². The smallest absolute Gasteiger partial charge is 0.222 e. The summed E-state index contributed by atoms with van der Waals surface area (Å²) in [5.74, 6) is -0.416. The number of rotatable bonds is 9. The number of imidazole rings is 1. The fourth-order valence-corrected chi connectivity index (χ4v) is 3.70. The van der Waals surface area contributed by atoms with Gasteiger partial charge in [-0.1, -0.05) is 24.3 Å². The number of nitrogens with zero attached hydrogens (tertiary/aromatic N) is 2. The van der Waals surface area contributed by atoms with E-state index >= 15 is 0 Å². The van der Waals surface area contributed by atoms with Crippen LogP contribution in [0.5, 0.6) is 0 Å². The number of para-hydroxylation sites is 2. The number of carbonyl (C=O) groups is 1. The molecule has 3 aromatic rings. The van der Waals surface area contributed by atoms with Crippen LogP contribution >= 0.6 is 0 Å². The second-order valence-corrected chi connectivity index (χ2v) is 7.52. The Morgan fingerprint density at radius 2 is 2.10 bits per heavy atom. The van der Waals surface area contributed by atoms with Crippen molar-refractivity contribution in [3.8, 4) is 0 Å². The first-order valence-corrected chi connectivity index (χ1v) is 10.3. The molecule has 0 radical (unpaired) electrons. The predicted octanol–water partition coefficient (Wildman–Crippen LogP) is 3.62. The lowest BCUT2D eigenvalue weighted by atomic mass is 10.1. The number of ether oxygens (including phenoxy) is 2. The number of aromatic nitrogens is 2. The Balaban J connectivity index is 1.39. The number of fused-ring (bicyclic) bond motifs is 1. The predicted molar refractivity (Wildman–Crippen MR) is 111 cm³/mol. The maximum atomic E-state index is 13.4. The van der Waals surface area contributed by atoms with E-state index in [1.165, 1.54) is 12.1 Å².